The van der Waals surface area contributed by atoms with Crippen LogP contribution in [0.1, 0.15) is 96.3 Å². The number of nitrogens with one attached hydrogen (secondary N) is 1. The van der Waals surface area contributed by atoms with Gasteiger partial charge in [-0.25, -0.2) is 4.79 Å². The number of ketones is 1. The van der Waals surface area contributed by atoms with Gasteiger partial charge >= 0.3 is 11.9 Å². The molecule has 1 aliphatic heterocycles. The third-order valence-corrected chi connectivity index (χ3v) is 5.37. The molecule has 0 aromatic heterocycles. The lowest BCUT2D eigenvalue weighted by molar-refractivity contribution is -0.149. The molecule has 0 aliphatic carbocycles. The molecule has 160 valence electrons. The molecule has 7 heteroatoms. The van der Waals surface area contributed by atoms with Crippen molar-refractivity contribution >= 4 is 23.6 Å². The molecule has 0 saturated carbocycles. The molecule has 2 atom stereocenters. The van der Waals surface area contributed by atoms with E-state index in [-0.39, 0.29) is 12.8 Å². The third kappa shape index (κ3) is 10.4. The predicted octanol–water partition coefficient (Wildman–Crippen LogP) is 3.69. The largest absolute Gasteiger partial charge is 0.481 e. The van der Waals surface area contributed by atoms with Gasteiger partial charge in [-0.1, -0.05) is 64.2 Å². The molecule has 1 saturated heterocycles. The molecule has 0 bridgehead atoms. The van der Waals surface area contributed by atoms with Crippen molar-refractivity contribution in [3.05, 3.63) is 0 Å². The van der Waals surface area contributed by atoms with Gasteiger partial charge in [-0.05, 0) is 19.3 Å². The topological polar surface area (TPSA) is 121 Å². The van der Waals surface area contributed by atoms with Crippen molar-refractivity contribution in [2.75, 3.05) is 0 Å². The Morgan fingerprint density at radius 2 is 1.11 bits per heavy atom. The van der Waals surface area contributed by atoms with Gasteiger partial charge in [-0.3, -0.25) is 14.4 Å². The molecule has 0 spiro atoms. The molecule has 3 N–H and O–H groups in total. The number of carbonyl (C=O) groups excluding carboxylic acids is 2. The molecule has 1 heterocycles. The summed E-state index contributed by atoms with van der Waals surface area (Å²) in [6, 6.07) is -1.36. The first-order valence-electron chi connectivity index (χ1n) is 10.7. The first-order chi connectivity index (χ1) is 13.4. The average Bonchev–Trinajstić information content (AvgIpc) is 2.63. The van der Waals surface area contributed by atoms with Gasteiger partial charge in [0.2, 0.25) is 5.91 Å². The van der Waals surface area contributed by atoms with E-state index in [9.17, 15) is 29.4 Å². The van der Waals surface area contributed by atoms with E-state index in [2.05, 4.69) is 5.32 Å². The summed E-state index contributed by atoms with van der Waals surface area (Å²) >= 11 is 0. The summed E-state index contributed by atoms with van der Waals surface area (Å²) in [6.45, 7) is 0. The zero-order valence-corrected chi connectivity index (χ0v) is 16.8. The number of amides is 1. The van der Waals surface area contributed by atoms with Crippen LogP contribution in [0.4, 0.5) is 0 Å². The Hall–Kier alpha value is -1.92. The number of carbonyl (C=O) groups is 4. The molecule has 1 aliphatic rings. The lowest BCUT2D eigenvalue weighted by Crippen LogP contribution is -2.44. The fraction of sp³-hybridized carbons (Fsp3) is 0.810. The number of carboxylic acids is 2. The number of Topliss-reactive ketones (excluding diaryl/α,β-unsaturated/α-hetero) is 1. The summed E-state index contributed by atoms with van der Waals surface area (Å²) in [5, 5.41) is 21.1. The number of carboxylic acid groups (broad SMARTS) is 2. The highest BCUT2D eigenvalue weighted by atomic mass is 16.4. The summed E-state index contributed by atoms with van der Waals surface area (Å²) < 4.78 is 0. The van der Waals surface area contributed by atoms with E-state index >= 15 is 0 Å². The second-order valence-electron chi connectivity index (χ2n) is 7.79. The van der Waals surface area contributed by atoms with E-state index in [0.717, 1.165) is 38.5 Å². The SMILES string of the molecule is O=C1CCCCCCCCCCCCCCC(=O)C(C(=O)O)C[C@@H](C(=O)O)N1. The molecule has 28 heavy (non-hydrogen) atoms. The van der Waals surface area contributed by atoms with Crippen molar-refractivity contribution in [1.29, 1.82) is 0 Å². The fourth-order valence-electron chi connectivity index (χ4n) is 3.62. The van der Waals surface area contributed by atoms with Gasteiger partial charge in [0.15, 0.2) is 0 Å². The Balaban J connectivity index is 2.69. The average molecular weight is 398 g/mol. The van der Waals surface area contributed by atoms with Gasteiger partial charge in [-0.15, -0.1) is 0 Å². The Morgan fingerprint density at radius 3 is 1.54 bits per heavy atom. The molecular weight excluding hydrogens is 362 g/mol. The minimum absolute atomic E-state index is 0.136. The van der Waals surface area contributed by atoms with Crippen LogP contribution >= 0.6 is 0 Å². The van der Waals surface area contributed by atoms with Crippen LogP contribution in [0.2, 0.25) is 0 Å². The Labute approximate surface area is 167 Å². The van der Waals surface area contributed by atoms with E-state index in [0.29, 0.717) is 12.8 Å². The van der Waals surface area contributed by atoms with Crippen LogP contribution in [0, 0.1) is 5.92 Å². The van der Waals surface area contributed by atoms with Gasteiger partial charge in [0.05, 0.1) is 0 Å². The molecule has 0 aromatic carbocycles. The minimum Gasteiger partial charge on any atom is -0.481 e. The standard InChI is InChI=1S/C21H35NO6/c23-18-13-11-9-7-5-3-1-2-4-6-8-10-12-14-19(24)22-17(21(27)28)15-16(18)20(25)26/h16-17H,1-15H2,(H,22,24)(H,25,26)(H,27,28)/t16?,17-/m0/s1. The highest BCUT2D eigenvalue weighted by Gasteiger charge is 2.32. The lowest BCUT2D eigenvalue weighted by atomic mass is 9.92. The zero-order chi connectivity index (χ0) is 20.8. The van der Waals surface area contributed by atoms with E-state index in [4.69, 9.17) is 0 Å². The number of rotatable bonds is 2. The van der Waals surface area contributed by atoms with Crippen LogP contribution in [-0.2, 0) is 19.2 Å². The second kappa shape index (κ2) is 14.1. The monoisotopic (exact) mass is 397 g/mol. The van der Waals surface area contributed by atoms with E-state index < -0.39 is 42.0 Å². The molecule has 1 amide bonds. The Morgan fingerprint density at radius 1 is 0.679 bits per heavy atom. The highest BCUT2D eigenvalue weighted by molar-refractivity contribution is 5.99. The maximum Gasteiger partial charge on any atom is 0.326 e. The molecule has 0 aromatic rings. The van der Waals surface area contributed by atoms with Crippen molar-refractivity contribution in [1.82, 2.24) is 5.32 Å². The Kier molecular flexibility index (Phi) is 12.2. The van der Waals surface area contributed by atoms with Crippen molar-refractivity contribution in [3.63, 3.8) is 0 Å². The summed E-state index contributed by atoms with van der Waals surface area (Å²) in [5.74, 6) is -4.89. The number of hydrogen-bond donors (Lipinski definition) is 3. The van der Waals surface area contributed by atoms with Crippen LogP contribution in [0.3, 0.4) is 0 Å². The minimum atomic E-state index is -1.40. The molecule has 1 unspecified atom stereocenters. The molecular formula is C21H35NO6. The quantitative estimate of drug-likeness (QED) is 0.611. The van der Waals surface area contributed by atoms with E-state index in [1.807, 2.05) is 0 Å². The summed E-state index contributed by atoms with van der Waals surface area (Å²) in [6.07, 6.45) is 12.2. The maximum absolute atomic E-state index is 12.3. The van der Waals surface area contributed by atoms with Crippen LogP contribution in [-0.4, -0.2) is 39.9 Å². The van der Waals surface area contributed by atoms with Crippen molar-refractivity contribution in [2.24, 2.45) is 5.92 Å². The van der Waals surface area contributed by atoms with Gasteiger partial charge in [0.1, 0.15) is 17.7 Å². The summed E-state index contributed by atoms with van der Waals surface area (Å²) in [5.41, 5.74) is 0. The summed E-state index contributed by atoms with van der Waals surface area (Å²) in [7, 11) is 0. The van der Waals surface area contributed by atoms with Crippen LogP contribution in [0.15, 0.2) is 0 Å². The molecule has 1 fully saturated rings. The smallest absolute Gasteiger partial charge is 0.326 e. The van der Waals surface area contributed by atoms with Crippen molar-refractivity contribution in [2.45, 2.75) is 102 Å². The first-order valence-corrected chi connectivity index (χ1v) is 10.7. The normalized spacial score (nSPS) is 25.4. The van der Waals surface area contributed by atoms with Crippen molar-refractivity contribution in [3.8, 4) is 0 Å². The summed E-state index contributed by atoms with van der Waals surface area (Å²) in [4.78, 5) is 47.3. The van der Waals surface area contributed by atoms with Gasteiger partial charge in [0.25, 0.3) is 0 Å². The van der Waals surface area contributed by atoms with E-state index in [1.165, 1.54) is 25.7 Å². The lowest BCUT2D eigenvalue weighted by Gasteiger charge is -2.18. The zero-order valence-electron chi connectivity index (χ0n) is 16.8. The van der Waals surface area contributed by atoms with Crippen molar-refractivity contribution < 1.29 is 29.4 Å². The first kappa shape index (κ1) is 24.1. The van der Waals surface area contributed by atoms with Crippen LogP contribution < -0.4 is 5.32 Å². The molecule has 0 radical (unpaired) electrons. The third-order valence-electron chi connectivity index (χ3n) is 5.37. The van der Waals surface area contributed by atoms with Crippen LogP contribution in [0.25, 0.3) is 0 Å². The maximum atomic E-state index is 12.3. The highest BCUT2D eigenvalue weighted by Crippen LogP contribution is 2.17. The number of aliphatic carboxylic acids is 2. The second-order valence-corrected chi connectivity index (χ2v) is 7.79. The van der Waals surface area contributed by atoms with E-state index in [1.54, 1.807) is 0 Å². The Bertz CT molecular complexity index is 519. The van der Waals surface area contributed by atoms with Crippen LogP contribution in [0.5, 0.6) is 0 Å². The van der Waals surface area contributed by atoms with Gasteiger partial charge in [-0.2, -0.15) is 0 Å². The molecule has 7 nitrogen and oxygen atoms in total. The predicted molar refractivity (Wildman–Crippen MR) is 105 cm³/mol. The fourth-order valence-corrected chi connectivity index (χ4v) is 3.62. The molecule has 1 rings (SSSR count). The van der Waals surface area contributed by atoms with Gasteiger partial charge in [0, 0.05) is 12.8 Å². The number of hydrogen-bond acceptors (Lipinski definition) is 4. The van der Waals surface area contributed by atoms with Gasteiger partial charge < -0.3 is 15.5 Å².